The van der Waals surface area contributed by atoms with Gasteiger partial charge in [-0.05, 0) is 64.2 Å². The largest absolute Gasteiger partial charge is 0.393 e. The molecular formula is C37H68O5. The van der Waals surface area contributed by atoms with E-state index in [1.165, 1.54) is 77.0 Å². The minimum atomic E-state index is -2.39. The molecule has 0 aliphatic carbocycles. The van der Waals surface area contributed by atoms with Crippen LogP contribution in [0.4, 0.5) is 0 Å². The van der Waals surface area contributed by atoms with Crippen LogP contribution in [0.5, 0.6) is 0 Å². The first kappa shape index (κ1) is 40.7. The van der Waals surface area contributed by atoms with Crippen molar-refractivity contribution in [3.63, 3.8) is 0 Å². The molecule has 0 aliphatic rings. The van der Waals surface area contributed by atoms with Gasteiger partial charge in [0, 0.05) is 12.8 Å². The zero-order valence-electron chi connectivity index (χ0n) is 27.6. The molecule has 0 aromatic heterocycles. The van der Waals surface area contributed by atoms with Gasteiger partial charge in [-0.25, -0.2) is 0 Å². The quantitative estimate of drug-likeness (QED) is 0.0534. The van der Waals surface area contributed by atoms with Gasteiger partial charge in [-0.15, -0.1) is 0 Å². The van der Waals surface area contributed by atoms with Crippen molar-refractivity contribution in [2.45, 2.75) is 192 Å². The average Bonchev–Trinajstić information content (AvgIpc) is 3.00. The van der Waals surface area contributed by atoms with Crippen LogP contribution in [0.3, 0.4) is 0 Å². The Bertz CT molecular complexity index is 686. The van der Waals surface area contributed by atoms with Gasteiger partial charge in [0.25, 0.3) is 0 Å². The maximum absolute atomic E-state index is 12.6. The Morgan fingerprint density at radius 3 is 1.29 bits per heavy atom. The molecule has 0 saturated carbocycles. The molecule has 0 aromatic rings. The van der Waals surface area contributed by atoms with Gasteiger partial charge in [-0.1, -0.05) is 128 Å². The van der Waals surface area contributed by atoms with Crippen LogP contribution in [-0.2, 0) is 9.59 Å². The Morgan fingerprint density at radius 2 is 0.881 bits per heavy atom. The Kier molecular flexibility index (Phi) is 28.8. The standard InChI is InChI=1S/C37H68O5/c1-3-5-7-9-11-13-15-17-18-20-22-24-26-28-30-32-35(40)37(42,33-38)36(41)34(39)31-29-27-25-23-21-19-16-14-12-10-8-6-4-2/h14,16-18,36,38,41-42H,3-13,15,19-33H2,1-2H3/b16-14-,18-17-. The fourth-order valence-electron chi connectivity index (χ4n) is 5.32. The molecule has 0 saturated heterocycles. The molecule has 0 rings (SSSR count). The number of ketones is 2. The number of allylic oxidation sites excluding steroid dienone is 4. The first-order valence-corrected chi connectivity index (χ1v) is 17.8. The number of rotatable bonds is 32. The van der Waals surface area contributed by atoms with Crippen LogP contribution >= 0.6 is 0 Å². The molecule has 2 unspecified atom stereocenters. The number of unbranched alkanes of at least 4 members (excludes halogenated alkanes) is 20. The maximum atomic E-state index is 12.6. The molecule has 0 aliphatic heterocycles. The fraction of sp³-hybridized carbons (Fsp3) is 0.838. The average molecular weight is 593 g/mol. The van der Waals surface area contributed by atoms with E-state index in [4.69, 9.17) is 0 Å². The molecule has 0 fully saturated rings. The monoisotopic (exact) mass is 593 g/mol. The lowest BCUT2D eigenvalue weighted by Crippen LogP contribution is -2.55. The predicted molar refractivity (Wildman–Crippen MR) is 178 cm³/mol. The Morgan fingerprint density at radius 1 is 0.548 bits per heavy atom. The summed E-state index contributed by atoms with van der Waals surface area (Å²) in [6, 6.07) is 0. The SMILES string of the molecule is CCCCCC/C=C\CCCCCCCC(=O)C(O)C(O)(CO)C(=O)CCCCCCC/C=C\CCCCCCCC. The molecule has 3 N–H and O–H groups in total. The number of carbonyl (C=O) groups excluding carboxylic acids is 2. The van der Waals surface area contributed by atoms with Gasteiger partial charge in [-0.2, -0.15) is 0 Å². The second-order valence-corrected chi connectivity index (χ2v) is 12.3. The van der Waals surface area contributed by atoms with Gasteiger partial charge < -0.3 is 15.3 Å². The van der Waals surface area contributed by atoms with E-state index in [1.807, 2.05) is 0 Å². The zero-order chi connectivity index (χ0) is 31.2. The highest BCUT2D eigenvalue weighted by atomic mass is 16.4. The Labute approximate surface area is 259 Å². The van der Waals surface area contributed by atoms with Gasteiger partial charge in [0.2, 0.25) is 0 Å². The summed E-state index contributed by atoms with van der Waals surface area (Å²) >= 11 is 0. The third-order valence-corrected chi connectivity index (χ3v) is 8.33. The Hall–Kier alpha value is -1.30. The van der Waals surface area contributed by atoms with Gasteiger partial charge in [0.05, 0.1) is 6.61 Å². The van der Waals surface area contributed by atoms with E-state index in [-0.39, 0.29) is 12.8 Å². The summed E-state index contributed by atoms with van der Waals surface area (Å²) in [7, 11) is 0. The number of aliphatic hydroxyl groups excluding tert-OH is 2. The number of carbonyl (C=O) groups is 2. The molecule has 246 valence electrons. The van der Waals surface area contributed by atoms with Crippen molar-refractivity contribution >= 4 is 11.6 Å². The van der Waals surface area contributed by atoms with Crippen LogP contribution < -0.4 is 0 Å². The second kappa shape index (κ2) is 29.8. The first-order chi connectivity index (χ1) is 20.4. The molecule has 0 heterocycles. The van der Waals surface area contributed by atoms with Crippen molar-refractivity contribution in [1.82, 2.24) is 0 Å². The predicted octanol–water partition coefficient (Wildman–Crippen LogP) is 9.50. The third kappa shape index (κ3) is 22.3. The number of Topliss-reactive ketones (excluding diaryl/α,β-unsaturated/α-hetero) is 2. The van der Waals surface area contributed by atoms with Gasteiger partial charge in [0.15, 0.2) is 23.3 Å². The fourth-order valence-corrected chi connectivity index (χ4v) is 5.32. The highest BCUT2D eigenvalue weighted by molar-refractivity contribution is 5.96. The molecule has 0 aromatic carbocycles. The summed E-state index contributed by atoms with van der Waals surface area (Å²) in [6.45, 7) is 3.54. The van der Waals surface area contributed by atoms with Gasteiger partial charge in [0.1, 0.15) is 0 Å². The third-order valence-electron chi connectivity index (χ3n) is 8.33. The molecular weight excluding hydrogens is 524 g/mol. The van der Waals surface area contributed by atoms with Crippen LogP contribution in [-0.4, -0.2) is 45.2 Å². The lowest BCUT2D eigenvalue weighted by atomic mass is 9.85. The van der Waals surface area contributed by atoms with Crippen molar-refractivity contribution in [1.29, 1.82) is 0 Å². The van der Waals surface area contributed by atoms with E-state index in [0.29, 0.717) is 12.8 Å². The van der Waals surface area contributed by atoms with E-state index < -0.39 is 29.9 Å². The molecule has 0 radical (unpaired) electrons. The van der Waals surface area contributed by atoms with Crippen LogP contribution in [0, 0.1) is 0 Å². The maximum Gasteiger partial charge on any atom is 0.178 e. The normalized spacial score (nSPS) is 14.1. The minimum Gasteiger partial charge on any atom is -0.393 e. The topological polar surface area (TPSA) is 94.8 Å². The molecule has 0 amide bonds. The smallest absolute Gasteiger partial charge is 0.178 e. The van der Waals surface area contributed by atoms with Gasteiger partial charge >= 0.3 is 0 Å². The number of aliphatic hydroxyl groups is 3. The summed E-state index contributed by atoms with van der Waals surface area (Å²) in [5.74, 6) is -1.20. The lowest BCUT2D eigenvalue weighted by molar-refractivity contribution is -0.165. The van der Waals surface area contributed by atoms with Crippen LogP contribution in [0.2, 0.25) is 0 Å². The summed E-state index contributed by atoms with van der Waals surface area (Å²) in [4.78, 5) is 25.1. The highest BCUT2D eigenvalue weighted by Gasteiger charge is 2.45. The first-order valence-electron chi connectivity index (χ1n) is 17.8. The molecule has 2 atom stereocenters. The van der Waals surface area contributed by atoms with E-state index in [0.717, 1.165) is 64.2 Å². The van der Waals surface area contributed by atoms with E-state index >= 15 is 0 Å². The van der Waals surface area contributed by atoms with E-state index in [2.05, 4.69) is 38.2 Å². The van der Waals surface area contributed by atoms with Crippen molar-refractivity contribution in [3.8, 4) is 0 Å². The van der Waals surface area contributed by atoms with Crippen LogP contribution in [0.15, 0.2) is 24.3 Å². The van der Waals surface area contributed by atoms with Crippen molar-refractivity contribution in [2.75, 3.05) is 6.61 Å². The van der Waals surface area contributed by atoms with Crippen LogP contribution in [0.25, 0.3) is 0 Å². The number of hydrogen-bond acceptors (Lipinski definition) is 5. The summed E-state index contributed by atoms with van der Waals surface area (Å²) in [5, 5.41) is 30.8. The summed E-state index contributed by atoms with van der Waals surface area (Å²) < 4.78 is 0. The number of hydrogen-bond donors (Lipinski definition) is 3. The molecule has 0 bridgehead atoms. The van der Waals surface area contributed by atoms with Crippen molar-refractivity contribution in [2.24, 2.45) is 0 Å². The zero-order valence-corrected chi connectivity index (χ0v) is 27.6. The lowest BCUT2D eigenvalue weighted by Gasteiger charge is -2.29. The van der Waals surface area contributed by atoms with Gasteiger partial charge in [-0.3, -0.25) is 9.59 Å². The van der Waals surface area contributed by atoms with Crippen LogP contribution in [0.1, 0.15) is 181 Å². The molecule has 0 spiro atoms. The molecule has 5 nitrogen and oxygen atoms in total. The minimum absolute atomic E-state index is 0.0622. The van der Waals surface area contributed by atoms with E-state index in [9.17, 15) is 24.9 Å². The highest BCUT2D eigenvalue weighted by Crippen LogP contribution is 2.20. The van der Waals surface area contributed by atoms with Crippen molar-refractivity contribution < 1.29 is 24.9 Å². The van der Waals surface area contributed by atoms with Crippen molar-refractivity contribution in [3.05, 3.63) is 24.3 Å². The molecule has 42 heavy (non-hydrogen) atoms. The Balaban J connectivity index is 3.92. The molecule has 5 heteroatoms. The summed E-state index contributed by atoms with van der Waals surface area (Å²) in [6.07, 6.45) is 34.6. The summed E-state index contributed by atoms with van der Waals surface area (Å²) in [5.41, 5.74) is -2.39. The van der Waals surface area contributed by atoms with E-state index in [1.54, 1.807) is 0 Å². The second-order valence-electron chi connectivity index (χ2n) is 12.3.